The largest absolute Gasteiger partial charge is 0.454 e. The Morgan fingerprint density at radius 3 is 2.95 bits per heavy atom. The van der Waals surface area contributed by atoms with E-state index in [2.05, 4.69) is 22.3 Å². The smallest absolute Gasteiger partial charge is 0.231 e. The fourth-order valence-corrected chi connectivity index (χ4v) is 3.27. The summed E-state index contributed by atoms with van der Waals surface area (Å²) in [6.07, 6.45) is 4.21. The highest BCUT2D eigenvalue weighted by Crippen LogP contribution is 2.33. The third-order valence-corrected chi connectivity index (χ3v) is 4.58. The van der Waals surface area contributed by atoms with Gasteiger partial charge in [-0.05, 0) is 56.0 Å². The van der Waals surface area contributed by atoms with Crippen LogP contribution in [0.5, 0.6) is 11.5 Å². The van der Waals surface area contributed by atoms with Crippen molar-refractivity contribution in [1.82, 2.24) is 10.2 Å². The van der Waals surface area contributed by atoms with Crippen LogP contribution in [-0.4, -0.2) is 37.4 Å². The number of rotatable bonds is 5. The summed E-state index contributed by atoms with van der Waals surface area (Å²) in [5.74, 6) is 2.57. The summed E-state index contributed by atoms with van der Waals surface area (Å²) in [5, 5.41) is 3.59. The van der Waals surface area contributed by atoms with Crippen molar-refractivity contribution >= 4 is 0 Å². The first-order chi connectivity index (χ1) is 9.88. The Bertz CT molecular complexity index is 487. The fourth-order valence-electron chi connectivity index (χ4n) is 3.27. The average molecular weight is 274 g/mol. The molecule has 1 saturated carbocycles. The highest BCUT2D eigenvalue weighted by atomic mass is 16.7. The van der Waals surface area contributed by atoms with E-state index in [1.54, 1.807) is 0 Å². The van der Waals surface area contributed by atoms with E-state index in [-0.39, 0.29) is 0 Å². The van der Waals surface area contributed by atoms with Crippen LogP contribution in [0.15, 0.2) is 18.2 Å². The highest BCUT2D eigenvalue weighted by molar-refractivity contribution is 5.44. The molecule has 1 N–H and O–H groups in total. The number of likely N-dealkylation sites (tertiary alicyclic amines) is 1. The molecule has 1 unspecified atom stereocenters. The van der Waals surface area contributed by atoms with E-state index < -0.39 is 0 Å². The number of nitrogens with zero attached hydrogens (tertiary/aromatic N) is 1. The Kier molecular flexibility index (Phi) is 3.28. The lowest BCUT2D eigenvalue weighted by Crippen LogP contribution is -2.27. The summed E-state index contributed by atoms with van der Waals surface area (Å²) in [5.41, 5.74) is 1.27. The van der Waals surface area contributed by atoms with Gasteiger partial charge in [0, 0.05) is 19.1 Å². The molecule has 0 amide bonds. The number of nitrogens with one attached hydrogen (secondary N) is 1. The maximum atomic E-state index is 5.41. The van der Waals surface area contributed by atoms with Crippen LogP contribution in [0.4, 0.5) is 0 Å². The maximum absolute atomic E-state index is 5.41. The van der Waals surface area contributed by atoms with Crippen molar-refractivity contribution in [3.05, 3.63) is 23.8 Å². The zero-order valence-electron chi connectivity index (χ0n) is 11.8. The van der Waals surface area contributed by atoms with Crippen molar-refractivity contribution in [3.63, 3.8) is 0 Å². The molecule has 1 saturated heterocycles. The lowest BCUT2D eigenvalue weighted by atomic mass is 10.1. The SMILES string of the molecule is c1cc2c(cc1CNCC1CCN(C3CC3)C1)OCO2. The molecular formula is C16H22N2O2. The third kappa shape index (κ3) is 2.63. The molecule has 0 radical (unpaired) electrons. The molecule has 2 aliphatic heterocycles. The van der Waals surface area contributed by atoms with Gasteiger partial charge in [0.1, 0.15) is 0 Å². The van der Waals surface area contributed by atoms with Crippen LogP contribution in [0, 0.1) is 5.92 Å². The van der Waals surface area contributed by atoms with Crippen LogP contribution < -0.4 is 14.8 Å². The van der Waals surface area contributed by atoms with Crippen LogP contribution in [0.25, 0.3) is 0 Å². The average Bonchev–Trinajstić information content (AvgIpc) is 3.02. The van der Waals surface area contributed by atoms with Crippen LogP contribution in [0.1, 0.15) is 24.8 Å². The lowest BCUT2D eigenvalue weighted by Gasteiger charge is -2.15. The van der Waals surface area contributed by atoms with Crippen molar-refractivity contribution < 1.29 is 9.47 Å². The first kappa shape index (κ1) is 12.5. The molecule has 1 aromatic rings. The van der Waals surface area contributed by atoms with E-state index in [1.165, 1.54) is 37.9 Å². The standard InChI is InChI=1S/C16H22N2O2/c1-4-15-16(20-11-19-15)7-12(1)8-17-9-13-5-6-18(10-13)14-2-3-14/h1,4,7,13-14,17H,2-3,5-6,8-11H2. The molecular weight excluding hydrogens is 252 g/mol. The Balaban J connectivity index is 1.24. The van der Waals surface area contributed by atoms with Gasteiger partial charge in [-0.3, -0.25) is 0 Å². The zero-order valence-corrected chi connectivity index (χ0v) is 11.8. The Morgan fingerprint density at radius 1 is 1.15 bits per heavy atom. The molecule has 1 aromatic carbocycles. The van der Waals surface area contributed by atoms with Crippen LogP contribution in [0.3, 0.4) is 0 Å². The van der Waals surface area contributed by atoms with Crippen molar-refractivity contribution in [2.45, 2.75) is 31.8 Å². The van der Waals surface area contributed by atoms with Gasteiger partial charge in [-0.2, -0.15) is 0 Å². The van der Waals surface area contributed by atoms with Gasteiger partial charge in [-0.1, -0.05) is 6.07 Å². The summed E-state index contributed by atoms with van der Waals surface area (Å²) in [7, 11) is 0. The molecule has 0 spiro atoms. The molecule has 1 atom stereocenters. The van der Waals surface area contributed by atoms with Gasteiger partial charge in [-0.25, -0.2) is 0 Å². The van der Waals surface area contributed by atoms with Crippen molar-refractivity contribution in [2.24, 2.45) is 5.92 Å². The van der Waals surface area contributed by atoms with E-state index in [4.69, 9.17) is 9.47 Å². The number of ether oxygens (including phenoxy) is 2. The van der Waals surface area contributed by atoms with E-state index >= 15 is 0 Å². The molecule has 4 heteroatoms. The van der Waals surface area contributed by atoms with Gasteiger partial charge in [0.15, 0.2) is 11.5 Å². The summed E-state index contributed by atoms with van der Waals surface area (Å²) < 4.78 is 10.7. The first-order valence-corrected chi connectivity index (χ1v) is 7.72. The molecule has 2 heterocycles. The molecule has 2 fully saturated rings. The Labute approximate surface area is 120 Å². The molecule has 4 nitrogen and oxygen atoms in total. The molecule has 0 aromatic heterocycles. The minimum Gasteiger partial charge on any atom is -0.454 e. The second-order valence-corrected chi connectivity index (χ2v) is 6.20. The van der Waals surface area contributed by atoms with E-state index in [9.17, 15) is 0 Å². The summed E-state index contributed by atoms with van der Waals surface area (Å²) in [6, 6.07) is 7.13. The van der Waals surface area contributed by atoms with Gasteiger partial charge in [0.25, 0.3) is 0 Å². The second kappa shape index (κ2) is 5.26. The van der Waals surface area contributed by atoms with Crippen molar-refractivity contribution in [2.75, 3.05) is 26.4 Å². The van der Waals surface area contributed by atoms with Crippen molar-refractivity contribution in [1.29, 1.82) is 0 Å². The van der Waals surface area contributed by atoms with Gasteiger partial charge < -0.3 is 19.7 Å². The summed E-state index contributed by atoms with van der Waals surface area (Å²) in [6.45, 7) is 4.99. The minimum atomic E-state index is 0.352. The van der Waals surface area contributed by atoms with E-state index in [1.807, 2.05) is 6.07 Å². The number of benzene rings is 1. The van der Waals surface area contributed by atoms with Gasteiger partial charge >= 0.3 is 0 Å². The van der Waals surface area contributed by atoms with E-state index in [0.717, 1.165) is 36.5 Å². The minimum absolute atomic E-state index is 0.352. The molecule has 3 aliphatic rings. The molecule has 20 heavy (non-hydrogen) atoms. The van der Waals surface area contributed by atoms with E-state index in [0.29, 0.717) is 6.79 Å². The monoisotopic (exact) mass is 274 g/mol. The van der Waals surface area contributed by atoms with Gasteiger partial charge in [0.05, 0.1) is 0 Å². The Morgan fingerprint density at radius 2 is 2.05 bits per heavy atom. The van der Waals surface area contributed by atoms with Crippen LogP contribution in [-0.2, 0) is 6.54 Å². The van der Waals surface area contributed by atoms with Gasteiger partial charge in [0.2, 0.25) is 6.79 Å². The predicted octanol–water partition coefficient (Wildman–Crippen LogP) is 1.99. The van der Waals surface area contributed by atoms with Gasteiger partial charge in [-0.15, -0.1) is 0 Å². The quantitative estimate of drug-likeness (QED) is 0.890. The maximum Gasteiger partial charge on any atom is 0.231 e. The molecule has 108 valence electrons. The van der Waals surface area contributed by atoms with Crippen LogP contribution in [0.2, 0.25) is 0 Å². The first-order valence-electron chi connectivity index (χ1n) is 7.72. The fraction of sp³-hybridized carbons (Fsp3) is 0.625. The Hall–Kier alpha value is -1.26. The third-order valence-electron chi connectivity index (χ3n) is 4.58. The number of hydrogen-bond acceptors (Lipinski definition) is 4. The topological polar surface area (TPSA) is 33.7 Å². The summed E-state index contributed by atoms with van der Waals surface area (Å²) in [4.78, 5) is 2.67. The number of fused-ring (bicyclic) bond motifs is 1. The van der Waals surface area contributed by atoms with Crippen LogP contribution >= 0.6 is 0 Å². The molecule has 1 aliphatic carbocycles. The molecule has 0 bridgehead atoms. The zero-order chi connectivity index (χ0) is 13.4. The lowest BCUT2D eigenvalue weighted by molar-refractivity contribution is 0.174. The normalized spacial score (nSPS) is 25.3. The highest BCUT2D eigenvalue weighted by Gasteiger charge is 2.33. The second-order valence-electron chi connectivity index (χ2n) is 6.20. The number of hydrogen-bond donors (Lipinski definition) is 1. The molecule has 4 rings (SSSR count). The van der Waals surface area contributed by atoms with Crippen molar-refractivity contribution in [3.8, 4) is 11.5 Å². The predicted molar refractivity (Wildman–Crippen MR) is 77.0 cm³/mol. The summed E-state index contributed by atoms with van der Waals surface area (Å²) >= 11 is 0.